The topological polar surface area (TPSA) is 43.8 Å². The summed E-state index contributed by atoms with van der Waals surface area (Å²) in [5, 5.41) is 0.735. The maximum absolute atomic E-state index is 5.95. The summed E-state index contributed by atoms with van der Waals surface area (Å²) in [6, 6.07) is 16.0. The van der Waals surface area contributed by atoms with Gasteiger partial charge in [0.25, 0.3) is 0 Å². The maximum Gasteiger partial charge on any atom is 0.0954 e. The molecule has 3 nitrogen and oxygen atoms in total. The third-order valence-electron chi connectivity index (χ3n) is 3.53. The van der Waals surface area contributed by atoms with Gasteiger partial charge in [0.1, 0.15) is 0 Å². The summed E-state index contributed by atoms with van der Waals surface area (Å²) in [7, 11) is 0. The predicted octanol–water partition coefficient (Wildman–Crippen LogP) is 3.71. The molecule has 21 heavy (non-hydrogen) atoms. The highest BCUT2D eigenvalue weighted by atomic mass is 35.5. The number of nitrogens with zero attached hydrogens (tertiary/aromatic N) is 2. The zero-order chi connectivity index (χ0) is 14.7. The largest absolute Gasteiger partial charge is 0.326 e. The number of aromatic nitrogens is 2. The van der Waals surface area contributed by atoms with Crippen LogP contribution in [-0.4, -0.2) is 9.55 Å². The fourth-order valence-corrected chi connectivity index (χ4v) is 2.53. The summed E-state index contributed by atoms with van der Waals surface area (Å²) in [6.07, 6.45) is 3.71. The summed E-state index contributed by atoms with van der Waals surface area (Å²) >= 11 is 5.95. The molecule has 0 fully saturated rings. The lowest BCUT2D eigenvalue weighted by Gasteiger charge is -2.11. The molecular formula is C17H16ClN3. The van der Waals surface area contributed by atoms with E-state index >= 15 is 0 Å². The van der Waals surface area contributed by atoms with Gasteiger partial charge in [-0.15, -0.1) is 0 Å². The Morgan fingerprint density at radius 3 is 2.43 bits per heavy atom. The van der Waals surface area contributed by atoms with Crippen LogP contribution in [0.15, 0.2) is 61.1 Å². The van der Waals surface area contributed by atoms with E-state index in [4.69, 9.17) is 17.3 Å². The minimum atomic E-state index is 0.543. The number of hydrogen-bond donors (Lipinski definition) is 1. The second kappa shape index (κ2) is 6.12. The Bertz CT molecular complexity index is 732. The normalized spacial score (nSPS) is 10.8. The highest BCUT2D eigenvalue weighted by Crippen LogP contribution is 2.22. The molecule has 106 valence electrons. The van der Waals surface area contributed by atoms with Gasteiger partial charge in [-0.05, 0) is 28.8 Å². The Labute approximate surface area is 129 Å². The van der Waals surface area contributed by atoms with Crippen LogP contribution >= 0.6 is 11.6 Å². The molecule has 2 N–H and O–H groups in total. The molecular weight excluding hydrogens is 282 g/mol. The van der Waals surface area contributed by atoms with Gasteiger partial charge in [0.2, 0.25) is 0 Å². The lowest BCUT2D eigenvalue weighted by atomic mass is 10.1. The van der Waals surface area contributed by atoms with Crippen molar-refractivity contribution in [2.75, 3.05) is 0 Å². The zero-order valence-corrected chi connectivity index (χ0v) is 12.3. The molecule has 0 saturated carbocycles. The van der Waals surface area contributed by atoms with E-state index in [0.717, 1.165) is 28.4 Å². The van der Waals surface area contributed by atoms with Gasteiger partial charge in [-0.3, -0.25) is 0 Å². The lowest BCUT2D eigenvalue weighted by Crippen LogP contribution is -2.06. The first kappa shape index (κ1) is 13.9. The Balaban J connectivity index is 1.94. The van der Waals surface area contributed by atoms with Crippen LogP contribution in [0, 0.1) is 0 Å². The third-order valence-corrected chi connectivity index (χ3v) is 3.78. The fourth-order valence-electron chi connectivity index (χ4n) is 2.40. The van der Waals surface area contributed by atoms with Gasteiger partial charge in [-0.2, -0.15) is 0 Å². The van der Waals surface area contributed by atoms with Crippen LogP contribution in [0.2, 0.25) is 5.02 Å². The Hall–Kier alpha value is -2.10. The Morgan fingerprint density at radius 1 is 1.00 bits per heavy atom. The summed E-state index contributed by atoms with van der Waals surface area (Å²) in [4.78, 5) is 4.27. The molecule has 0 bridgehead atoms. The van der Waals surface area contributed by atoms with Gasteiger partial charge in [-0.1, -0.05) is 48.0 Å². The van der Waals surface area contributed by atoms with Crippen LogP contribution in [0.25, 0.3) is 11.3 Å². The summed E-state index contributed by atoms with van der Waals surface area (Å²) in [5.41, 5.74) is 10.3. The molecule has 3 aromatic rings. The molecule has 2 aromatic carbocycles. The summed E-state index contributed by atoms with van der Waals surface area (Å²) in [6.45, 7) is 1.30. The van der Waals surface area contributed by atoms with Crippen molar-refractivity contribution in [2.45, 2.75) is 13.1 Å². The third kappa shape index (κ3) is 2.99. The van der Waals surface area contributed by atoms with Gasteiger partial charge in [0.15, 0.2) is 0 Å². The van der Waals surface area contributed by atoms with Crippen molar-refractivity contribution in [1.29, 1.82) is 0 Å². The second-order valence-electron chi connectivity index (χ2n) is 4.89. The molecule has 0 aliphatic rings. The van der Waals surface area contributed by atoms with E-state index in [2.05, 4.69) is 21.7 Å². The van der Waals surface area contributed by atoms with Crippen molar-refractivity contribution in [3.8, 4) is 11.3 Å². The maximum atomic E-state index is 5.95. The van der Waals surface area contributed by atoms with Crippen molar-refractivity contribution in [3.05, 3.63) is 77.2 Å². The number of rotatable bonds is 4. The highest BCUT2D eigenvalue weighted by Gasteiger charge is 2.07. The van der Waals surface area contributed by atoms with E-state index in [1.807, 2.05) is 48.9 Å². The van der Waals surface area contributed by atoms with Crippen molar-refractivity contribution >= 4 is 11.6 Å². The molecule has 4 heteroatoms. The molecule has 3 rings (SSSR count). The number of hydrogen-bond acceptors (Lipinski definition) is 2. The smallest absolute Gasteiger partial charge is 0.0954 e. The minimum absolute atomic E-state index is 0.543. The zero-order valence-electron chi connectivity index (χ0n) is 11.5. The van der Waals surface area contributed by atoms with Crippen LogP contribution in [0.1, 0.15) is 11.1 Å². The quantitative estimate of drug-likeness (QED) is 0.798. The van der Waals surface area contributed by atoms with Crippen LogP contribution in [0.4, 0.5) is 0 Å². The number of halogens is 1. The Morgan fingerprint density at radius 2 is 1.71 bits per heavy atom. The molecule has 0 saturated heterocycles. The second-order valence-corrected chi connectivity index (χ2v) is 5.32. The van der Waals surface area contributed by atoms with Crippen LogP contribution < -0.4 is 5.73 Å². The average molecular weight is 298 g/mol. The van der Waals surface area contributed by atoms with Crippen molar-refractivity contribution < 1.29 is 0 Å². The summed E-state index contributed by atoms with van der Waals surface area (Å²) < 4.78 is 2.12. The molecule has 0 aliphatic heterocycles. The predicted molar refractivity (Wildman–Crippen MR) is 86.1 cm³/mol. The minimum Gasteiger partial charge on any atom is -0.326 e. The standard InChI is InChI=1S/C17H16ClN3/c18-16-7-5-13(6-8-16)17-10-20-12-21(17)11-15-4-2-1-3-14(15)9-19/h1-8,10,12H,9,11,19H2. The lowest BCUT2D eigenvalue weighted by molar-refractivity contribution is 0.791. The van der Waals surface area contributed by atoms with Crippen molar-refractivity contribution in [3.63, 3.8) is 0 Å². The molecule has 0 amide bonds. The number of benzene rings is 2. The SMILES string of the molecule is NCc1ccccc1Cn1cncc1-c1ccc(Cl)cc1. The van der Waals surface area contributed by atoms with Gasteiger partial charge < -0.3 is 10.3 Å². The molecule has 1 aromatic heterocycles. The monoisotopic (exact) mass is 297 g/mol. The van der Waals surface area contributed by atoms with Crippen LogP contribution in [0.3, 0.4) is 0 Å². The van der Waals surface area contributed by atoms with Crippen LogP contribution in [-0.2, 0) is 13.1 Å². The van der Waals surface area contributed by atoms with Gasteiger partial charge in [0, 0.05) is 18.1 Å². The van der Waals surface area contributed by atoms with Crippen molar-refractivity contribution in [1.82, 2.24) is 9.55 Å². The van der Waals surface area contributed by atoms with Gasteiger partial charge in [0.05, 0.1) is 18.2 Å². The van der Waals surface area contributed by atoms with E-state index < -0.39 is 0 Å². The highest BCUT2D eigenvalue weighted by molar-refractivity contribution is 6.30. The molecule has 0 unspecified atom stereocenters. The first-order valence-corrected chi connectivity index (χ1v) is 7.18. The van der Waals surface area contributed by atoms with E-state index in [1.165, 1.54) is 5.56 Å². The molecule has 0 radical (unpaired) electrons. The number of imidazole rings is 1. The molecule has 1 heterocycles. The van der Waals surface area contributed by atoms with E-state index in [-0.39, 0.29) is 0 Å². The van der Waals surface area contributed by atoms with E-state index in [9.17, 15) is 0 Å². The molecule has 0 aliphatic carbocycles. The van der Waals surface area contributed by atoms with Gasteiger partial charge >= 0.3 is 0 Å². The first-order chi connectivity index (χ1) is 10.3. The molecule has 0 spiro atoms. The first-order valence-electron chi connectivity index (χ1n) is 6.81. The number of nitrogens with two attached hydrogens (primary N) is 1. The fraction of sp³-hybridized carbons (Fsp3) is 0.118. The van der Waals surface area contributed by atoms with Crippen LogP contribution in [0.5, 0.6) is 0 Å². The van der Waals surface area contributed by atoms with E-state index in [0.29, 0.717) is 6.54 Å². The summed E-state index contributed by atoms with van der Waals surface area (Å²) in [5.74, 6) is 0. The van der Waals surface area contributed by atoms with Gasteiger partial charge in [-0.25, -0.2) is 4.98 Å². The van der Waals surface area contributed by atoms with Crippen molar-refractivity contribution in [2.24, 2.45) is 5.73 Å². The molecule has 0 atom stereocenters. The Kier molecular flexibility index (Phi) is 4.04. The van der Waals surface area contributed by atoms with E-state index in [1.54, 1.807) is 0 Å². The average Bonchev–Trinajstić information content (AvgIpc) is 2.97.